The fraction of sp³-hybridized carbons (Fsp3) is 0.118. The van der Waals surface area contributed by atoms with E-state index >= 15 is 0 Å². The first-order valence-corrected chi connectivity index (χ1v) is 7.01. The minimum absolute atomic E-state index is 0.256. The average molecular weight is 292 g/mol. The number of carbonyl (C=O) groups is 1. The van der Waals surface area contributed by atoms with Crippen LogP contribution in [0.15, 0.2) is 54.6 Å². The summed E-state index contributed by atoms with van der Waals surface area (Å²) in [6, 6.07) is 17.2. The molecule has 3 rings (SSSR count). The van der Waals surface area contributed by atoms with Gasteiger partial charge < -0.3 is 5.32 Å². The van der Waals surface area contributed by atoms with Crippen molar-refractivity contribution < 1.29 is 4.79 Å². The topological polar surface area (TPSA) is 59.8 Å². The first-order chi connectivity index (χ1) is 10.7. The first-order valence-electron chi connectivity index (χ1n) is 7.01. The molecule has 0 saturated carbocycles. The Morgan fingerprint density at radius 2 is 1.68 bits per heavy atom. The molecule has 110 valence electrons. The van der Waals surface area contributed by atoms with E-state index in [0.717, 1.165) is 16.9 Å². The summed E-state index contributed by atoms with van der Waals surface area (Å²) in [5, 5.41) is 11.0. The largest absolute Gasteiger partial charge is 0.320 e. The second-order valence-electron chi connectivity index (χ2n) is 5.04. The molecule has 1 N–H and O–H groups in total. The predicted molar refractivity (Wildman–Crippen MR) is 85.2 cm³/mol. The number of amides is 1. The van der Waals surface area contributed by atoms with E-state index in [9.17, 15) is 4.79 Å². The van der Waals surface area contributed by atoms with Crippen LogP contribution >= 0.6 is 0 Å². The molecule has 0 bridgehead atoms. The van der Waals surface area contributed by atoms with Gasteiger partial charge >= 0.3 is 0 Å². The lowest BCUT2D eigenvalue weighted by atomic mass is 10.2. The Kier molecular flexibility index (Phi) is 3.70. The van der Waals surface area contributed by atoms with E-state index in [1.807, 2.05) is 68.4 Å². The monoisotopic (exact) mass is 292 g/mol. The van der Waals surface area contributed by atoms with E-state index in [4.69, 9.17) is 0 Å². The van der Waals surface area contributed by atoms with Crippen molar-refractivity contribution in [1.82, 2.24) is 15.0 Å². The summed E-state index contributed by atoms with van der Waals surface area (Å²) in [4.78, 5) is 12.4. The lowest BCUT2D eigenvalue weighted by Gasteiger charge is -2.07. The summed E-state index contributed by atoms with van der Waals surface area (Å²) in [6.07, 6.45) is 0. The van der Waals surface area contributed by atoms with Crippen molar-refractivity contribution in [3.63, 3.8) is 0 Å². The van der Waals surface area contributed by atoms with Gasteiger partial charge in [-0.3, -0.25) is 4.79 Å². The van der Waals surface area contributed by atoms with Crippen molar-refractivity contribution in [2.24, 2.45) is 0 Å². The summed E-state index contributed by atoms with van der Waals surface area (Å²) >= 11 is 0. The molecule has 0 atom stereocenters. The van der Waals surface area contributed by atoms with E-state index in [2.05, 4.69) is 15.6 Å². The van der Waals surface area contributed by atoms with Gasteiger partial charge in [-0.1, -0.05) is 41.6 Å². The van der Waals surface area contributed by atoms with Crippen molar-refractivity contribution >= 4 is 11.6 Å². The second-order valence-corrected chi connectivity index (χ2v) is 5.04. The van der Waals surface area contributed by atoms with Crippen LogP contribution in [0.25, 0.3) is 5.69 Å². The smallest absolute Gasteiger partial charge is 0.278 e. The number of hydrogen-bond acceptors (Lipinski definition) is 3. The fourth-order valence-corrected chi connectivity index (χ4v) is 2.25. The van der Waals surface area contributed by atoms with Crippen LogP contribution in [-0.2, 0) is 0 Å². The Morgan fingerprint density at radius 1 is 1.00 bits per heavy atom. The van der Waals surface area contributed by atoms with Gasteiger partial charge in [-0.25, -0.2) is 4.68 Å². The summed E-state index contributed by atoms with van der Waals surface area (Å²) in [5.74, 6) is -0.256. The second kappa shape index (κ2) is 5.81. The van der Waals surface area contributed by atoms with Crippen LogP contribution in [0, 0.1) is 13.8 Å². The highest BCUT2D eigenvalue weighted by Gasteiger charge is 2.17. The summed E-state index contributed by atoms with van der Waals surface area (Å²) in [7, 11) is 0. The Morgan fingerprint density at radius 3 is 2.41 bits per heavy atom. The zero-order valence-electron chi connectivity index (χ0n) is 12.4. The van der Waals surface area contributed by atoms with Gasteiger partial charge in [0.1, 0.15) is 0 Å². The molecular weight excluding hydrogens is 276 g/mol. The van der Waals surface area contributed by atoms with E-state index in [-0.39, 0.29) is 5.91 Å². The summed E-state index contributed by atoms with van der Waals surface area (Å²) < 4.78 is 1.66. The predicted octanol–water partition coefficient (Wildman–Crippen LogP) is 3.14. The maximum atomic E-state index is 12.4. The number of aryl methyl sites for hydroxylation is 1. The van der Waals surface area contributed by atoms with Gasteiger partial charge in [0.25, 0.3) is 5.91 Å². The SMILES string of the molecule is Cc1ccccc1NC(=O)c1nnn(-c2ccccc2)c1C. The van der Waals surface area contributed by atoms with Gasteiger partial charge in [-0.2, -0.15) is 0 Å². The molecule has 2 aromatic carbocycles. The molecule has 1 heterocycles. The van der Waals surface area contributed by atoms with Crippen molar-refractivity contribution in [1.29, 1.82) is 0 Å². The highest BCUT2D eigenvalue weighted by molar-refractivity contribution is 6.03. The number of anilines is 1. The van der Waals surface area contributed by atoms with Gasteiger partial charge in [0.15, 0.2) is 5.69 Å². The number of para-hydroxylation sites is 2. The Balaban J connectivity index is 1.89. The molecule has 1 amide bonds. The Hall–Kier alpha value is -2.95. The highest BCUT2D eigenvalue weighted by Crippen LogP contribution is 2.16. The lowest BCUT2D eigenvalue weighted by molar-refractivity contribution is 0.102. The fourth-order valence-electron chi connectivity index (χ4n) is 2.25. The van der Waals surface area contributed by atoms with E-state index in [1.165, 1.54) is 0 Å². The zero-order valence-corrected chi connectivity index (χ0v) is 12.4. The third-order valence-corrected chi connectivity index (χ3v) is 3.50. The van der Waals surface area contributed by atoms with E-state index in [0.29, 0.717) is 11.4 Å². The number of aromatic nitrogens is 3. The van der Waals surface area contributed by atoms with E-state index < -0.39 is 0 Å². The van der Waals surface area contributed by atoms with Crippen molar-refractivity contribution in [3.8, 4) is 5.69 Å². The third-order valence-electron chi connectivity index (χ3n) is 3.50. The van der Waals surface area contributed by atoms with Gasteiger partial charge in [0, 0.05) is 5.69 Å². The maximum absolute atomic E-state index is 12.4. The van der Waals surface area contributed by atoms with Gasteiger partial charge in [0.2, 0.25) is 0 Å². The van der Waals surface area contributed by atoms with Crippen LogP contribution in [0.5, 0.6) is 0 Å². The van der Waals surface area contributed by atoms with Crippen molar-refractivity contribution in [2.75, 3.05) is 5.32 Å². The average Bonchev–Trinajstić information content (AvgIpc) is 2.92. The summed E-state index contributed by atoms with van der Waals surface area (Å²) in [5.41, 5.74) is 3.69. The van der Waals surface area contributed by atoms with Gasteiger partial charge in [0.05, 0.1) is 11.4 Å². The van der Waals surface area contributed by atoms with Gasteiger partial charge in [-0.05, 0) is 37.6 Å². The van der Waals surface area contributed by atoms with Crippen LogP contribution in [0.3, 0.4) is 0 Å². The number of benzene rings is 2. The zero-order chi connectivity index (χ0) is 15.5. The van der Waals surface area contributed by atoms with E-state index in [1.54, 1.807) is 4.68 Å². The summed E-state index contributed by atoms with van der Waals surface area (Å²) in [6.45, 7) is 3.78. The number of rotatable bonds is 3. The molecule has 22 heavy (non-hydrogen) atoms. The molecule has 3 aromatic rings. The number of carbonyl (C=O) groups excluding carboxylic acids is 1. The van der Waals surface area contributed by atoms with Crippen LogP contribution in [0.4, 0.5) is 5.69 Å². The van der Waals surface area contributed by atoms with Crippen LogP contribution in [-0.4, -0.2) is 20.9 Å². The Labute approximate surface area is 128 Å². The standard InChI is InChI=1S/C17H16N4O/c1-12-8-6-7-11-15(12)18-17(22)16-13(2)21(20-19-16)14-9-4-3-5-10-14/h3-11H,1-2H3,(H,18,22). The van der Waals surface area contributed by atoms with Crippen molar-refractivity contribution in [2.45, 2.75) is 13.8 Å². The molecule has 0 radical (unpaired) electrons. The number of nitrogens with one attached hydrogen (secondary N) is 1. The maximum Gasteiger partial charge on any atom is 0.278 e. The number of nitrogens with zero attached hydrogens (tertiary/aromatic N) is 3. The van der Waals surface area contributed by atoms with Crippen molar-refractivity contribution in [3.05, 3.63) is 71.5 Å². The molecular formula is C17H16N4O. The molecule has 0 saturated heterocycles. The Bertz CT molecular complexity index is 809. The normalized spacial score (nSPS) is 10.5. The molecule has 0 aliphatic carbocycles. The van der Waals surface area contributed by atoms with Gasteiger partial charge in [-0.15, -0.1) is 5.10 Å². The molecule has 5 nitrogen and oxygen atoms in total. The molecule has 0 aliphatic rings. The molecule has 5 heteroatoms. The molecule has 1 aromatic heterocycles. The third kappa shape index (κ3) is 2.61. The van der Waals surface area contributed by atoms with Crippen LogP contribution < -0.4 is 5.32 Å². The lowest BCUT2D eigenvalue weighted by Crippen LogP contribution is -2.14. The van der Waals surface area contributed by atoms with Crippen LogP contribution in [0.1, 0.15) is 21.7 Å². The quantitative estimate of drug-likeness (QED) is 0.806. The minimum atomic E-state index is -0.256. The minimum Gasteiger partial charge on any atom is -0.320 e. The van der Waals surface area contributed by atoms with Crippen LogP contribution in [0.2, 0.25) is 0 Å². The molecule has 0 spiro atoms. The molecule has 0 aliphatic heterocycles. The first kappa shape index (κ1) is 14.0. The molecule has 0 fully saturated rings. The molecule has 0 unspecified atom stereocenters. The highest BCUT2D eigenvalue weighted by atomic mass is 16.2. The number of hydrogen-bond donors (Lipinski definition) is 1.